The topological polar surface area (TPSA) is 12.9 Å². The van der Waals surface area contributed by atoms with Crippen LogP contribution in [-0.2, 0) is 6.42 Å². The van der Waals surface area contributed by atoms with E-state index in [0.29, 0.717) is 10.7 Å². The lowest BCUT2D eigenvalue weighted by molar-refractivity contribution is 0.598. The largest absolute Gasteiger partial charge is 0.258 e. The van der Waals surface area contributed by atoms with E-state index in [0.717, 1.165) is 12.1 Å². The second-order valence-electron chi connectivity index (χ2n) is 3.43. The summed E-state index contributed by atoms with van der Waals surface area (Å²) in [6, 6.07) is 3.17. The third-order valence-electron chi connectivity index (χ3n) is 1.92. The quantitative estimate of drug-likeness (QED) is 0.746. The Bertz CT molecular complexity index is 258. The molecule has 3 heteroatoms. The van der Waals surface area contributed by atoms with E-state index >= 15 is 0 Å². The van der Waals surface area contributed by atoms with Gasteiger partial charge in [-0.15, -0.1) is 0 Å². The maximum Gasteiger partial charge on any atom is 0.141 e. The van der Waals surface area contributed by atoms with Crippen molar-refractivity contribution in [1.82, 2.24) is 4.98 Å². The third kappa shape index (κ3) is 3.43. The van der Waals surface area contributed by atoms with Crippen molar-refractivity contribution >= 4 is 15.9 Å². The van der Waals surface area contributed by atoms with Crippen LogP contribution in [0.1, 0.15) is 19.5 Å². The van der Waals surface area contributed by atoms with Crippen LogP contribution in [0.15, 0.2) is 18.3 Å². The highest BCUT2D eigenvalue weighted by molar-refractivity contribution is 9.09. The molecule has 1 aromatic heterocycles. The van der Waals surface area contributed by atoms with Gasteiger partial charge in [-0.2, -0.15) is 0 Å². The van der Waals surface area contributed by atoms with E-state index in [4.69, 9.17) is 0 Å². The van der Waals surface area contributed by atoms with Crippen molar-refractivity contribution in [3.05, 3.63) is 29.8 Å². The molecule has 0 bridgehead atoms. The second-order valence-corrected chi connectivity index (χ2v) is 4.61. The average Bonchev–Trinajstić information content (AvgIpc) is 2.08. The van der Waals surface area contributed by atoms with Crippen LogP contribution in [0.25, 0.3) is 0 Å². The minimum Gasteiger partial charge on any atom is -0.258 e. The van der Waals surface area contributed by atoms with Crippen LogP contribution in [0.3, 0.4) is 0 Å². The van der Waals surface area contributed by atoms with Crippen LogP contribution < -0.4 is 0 Å². The molecule has 1 atom stereocenters. The summed E-state index contributed by atoms with van der Waals surface area (Å²) in [6.07, 6.45) is 2.10. The number of nitrogens with zero attached hydrogens (tertiary/aromatic N) is 1. The molecule has 13 heavy (non-hydrogen) atoms. The van der Waals surface area contributed by atoms with Gasteiger partial charge in [-0.25, -0.2) is 4.39 Å². The minimum absolute atomic E-state index is 0.278. The van der Waals surface area contributed by atoms with Crippen LogP contribution in [0.4, 0.5) is 4.39 Å². The Kier molecular flexibility index (Phi) is 3.85. The van der Waals surface area contributed by atoms with Gasteiger partial charge in [-0.1, -0.05) is 29.8 Å². The molecule has 0 aromatic carbocycles. The van der Waals surface area contributed by atoms with Crippen molar-refractivity contribution in [3.63, 3.8) is 0 Å². The van der Waals surface area contributed by atoms with Gasteiger partial charge in [0, 0.05) is 16.9 Å². The van der Waals surface area contributed by atoms with Gasteiger partial charge < -0.3 is 0 Å². The summed E-state index contributed by atoms with van der Waals surface area (Å²) >= 11 is 3.56. The van der Waals surface area contributed by atoms with E-state index in [2.05, 4.69) is 34.8 Å². The summed E-state index contributed by atoms with van der Waals surface area (Å²) < 4.78 is 12.5. The predicted octanol–water partition coefficient (Wildman–Crippen LogP) is 3.18. The van der Waals surface area contributed by atoms with E-state index in [1.807, 2.05) is 0 Å². The molecular formula is C10H13BrFN. The number of aromatic nitrogens is 1. The summed E-state index contributed by atoms with van der Waals surface area (Å²) in [7, 11) is 0. The number of hydrogen-bond donors (Lipinski definition) is 0. The van der Waals surface area contributed by atoms with E-state index < -0.39 is 0 Å². The first kappa shape index (κ1) is 10.6. The third-order valence-corrected chi connectivity index (χ3v) is 3.30. The lowest BCUT2D eigenvalue weighted by Crippen LogP contribution is -2.11. The van der Waals surface area contributed by atoms with Crippen molar-refractivity contribution in [1.29, 1.82) is 0 Å². The van der Waals surface area contributed by atoms with Gasteiger partial charge in [0.2, 0.25) is 0 Å². The zero-order valence-corrected chi connectivity index (χ0v) is 9.38. The Hall–Kier alpha value is -0.440. The lowest BCUT2D eigenvalue weighted by atomic mass is 10.1. The Morgan fingerprint density at radius 1 is 1.46 bits per heavy atom. The SMILES string of the molecule is CC(C)C(Br)Cc1ccc(F)cn1. The summed E-state index contributed by atoms with van der Waals surface area (Å²) in [6.45, 7) is 4.28. The average molecular weight is 246 g/mol. The molecule has 0 aliphatic rings. The molecule has 0 aliphatic heterocycles. The smallest absolute Gasteiger partial charge is 0.141 e. The summed E-state index contributed by atoms with van der Waals surface area (Å²) in [5.74, 6) is 0.284. The first-order valence-corrected chi connectivity index (χ1v) is 5.25. The molecule has 1 aromatic rings. The molecule has 0 N–H and O–H groups in total. The van der Waals surface area contributed by atoms with Crippen LogP contribution in [0, 0.1) is 11.7 Å². The highest BCUT2D eigenvalue weighted by atomic mass is 79.9. The molecule has 0 saturated carbocycles. The molecule has 1 rings (SSSR count). The molecule has 0 radical (unpaired) electrons. The standard InChI is InChI=1S/C10H13BrFN/c1-7(2)10(11)5-9-4-3-8(12)6-13-9/h3-4,6-7,10H,5H2,1-2H3. The fourth-order valence-electron chi connectivity index (χ4n) is 0.963. The molecule has 72 valence electrons. The van der Waals surface area contributed by atoms with Crippen molar-refractivity contribution in [2.45, 2.75) is 25.1 Å². The molecule has 0 saturated heterocycles. The Morgan fingerprint density at radius 2 is 2.15 bits per heavy atom. The van der Waals surface area contributed by atoms with Gasteiger partial charge in [-0.3, -0.25) is 4.98 Å². The van der Waals surface area contributed by atoms with Crippen LogP contribution >= 0.6 is 15.9 Å². The zero-order valence-electron chi connectivity index (χ0n) is 7.80. The second kappa shape index (κ2) is 4.70. The van der Waals surface area contributed by atoms with E-state index in [-0.39, 0.29) is 5.82 Å². The fraction of sp³-hybridized carbons (Fsp3) is 0.500. The molecule has 0 spiro atoms. The maximum absolute atomic E-state index is 12.5. The number of rotatable bonds is 3. The van der Waals surface area contributed by atoms with E-state index in [1.54, 1.807) is 6.07 Å². The van der Waals surface area contributed by atoms with Crippen molar-refractivity contribution in [2.75, 3.05) is 0 Å². The summed E-state index contributed by atoms with van der Waals surface area (Å²) in [5.41, 5.74) is 0.928. The van der Waals surface area contributed by atoms with Crippen LogP contribution in [0.5, 0.6) is 0 Å². The maximum atomic E-state index is 12.5. The number of pyridine rings is 1. The number of halogens is 2. The minimum atomic E-state index is -0.278. The Balaban J connectivity index is 2.59. The Morgan fingerprint density at radius 3 is 2.62 bits per heavy atom. The molecule has 1 nitrogen and oxygen atoms in total. The van der Waals surface area contributed by atoms with Gasteiger partial charge in [0.15, 0.2) is 0 Å². The van der Waals surface area contributed by atoms with Crippen molar-refractivity contribution < 1.29 is 4.39 Å². The highest BCUT2D eigenvalue weighted by Crippen LogP contribution is 2.16. The summed E-state index contributed by atoms with van der Waals surface area (Å²) in [4.78, 5) is 4.40. The van der Waals surface area contributed by atoms with Gasteiger partial charge in [0.1, 0.15) is 5.82 Å². The normalized spacial score (nSPS) is 13.3. The van der Waals surface area contributed by atoms with Crippen LogP contribution in [0.2, 0.25) is 0 Å². The number of hydrogen-bond acceptors (Lipinski definition) is 1. The van der Waals surface area contributed by atoms with Gasteiger partial charge in [0.25, 0.3) is 0 Å². The fourth-order valence-corrected chi connectivity index (χ4v) is 1.29. The molecule has 0 fully saturated rings. The lowest BCUT2D eigenvalue weighted by Gasteiger charge is -2.12. The van der Waals surface area contributed by atoms with Gasteiger partial charge in [0.05, 0.1) is 6.20 Å². The predicted molar refractivity (Wildman–Crippen MR) is 55.5 cm³/mol. The van der Waals surface area contributed by atoms with Gasteiger partial charge >= 0.3 is 0 Å². The molecule has 1 heterocycles. The first-order valence-electron chi connectivity index (χ1n) is 4.34. The van der Waals surface area contributed by atoms with Gasteiger partial charge in [-0.05, 0) is 18.1 Å². The number of alkyl halides is 1. The summed E-state index contributed by atoms with van der Waals surface area (Å²) in [5, 5.41) is 0. The first-order chi connectivity index (χ1) is 6.09. The van der Waals surface area contributed by atoms with Crippen molar-refractivity contribution in [3.8, 4) is 0 Å². The highest BCUT2D eigenvalue weighted by Gasteiger charge is 2.10. The zero-order chi connectivity index (χ0) is 9.84. The van der Waals surface area contributed by atoms with E-state index in [9.17, 15) is 4.39 Å². The molecule has 0 aliphatic carbocycles. The van der Waals surface area contributed by atoms with Crippen LogP contribution in [-0.4, -0.2) is 9.81 Å². The van der Waals surface area contributed by atoms with Crippen molar-refractivity contribution in [2.24, 2.45) is 5.92 Å². The monoisotopic (exact) mass is 245 g/mol. The molecular weight excluding hydrogens is 233 g/mol. The molecule has 1 unspecified atom stereocenters. The Labute approximate surface area is 86.5 Å². The molecule has 0 amide bonds. The van der Waals surface area contributed by atoms with E-state index in [1.165, 1.54) is 12.3 Å².